The molecule has 3 aliphatic heterocycles. The second-order valence-electron chi connectivity index (χ2n) is 13.5. The largest absolute Gasteiger partial charge is 0.493 e. The Morgan fingerprint density at radius 2 is 1.84 bits per heavy atom. The molecule has 2 amide bonds. The number of methoxy groups -OCH3 is 1. The number of anilines is 2. The van der Waals surface area contributed by atoms with Crippen molar-refractivity contribution in [1.29, 1.82) is 0 Å². The van der Waals surface area contributed by atoms with Crippen LogP contribution in [0.15, 0.2) is 54.6 Å². The summed E-state index contributed by atoms with van der Waals surface area (Å²) < 4.78 is 31.3. The average Bonchev–Trinajstić information content (AvgIpc) is 3.80. The maximum atomic E-state index is 14.6. The highest BCUT2D eigenvalue weighted by atomic mass is 19.1. The Morgan fingerprint density at radius 3 is 2.54 bits per heavy atom. The van der Waals surface area contributed by atoms with Crippen molar-refractivity contribution in [1.82, 2.24) is 4.90 Å². The van der Waals surface area contributed by atoms with Gasteiger partial charge in [-0.2, -0.15) is 0 Å². The summed E-state index contributed by atoms with van der Waals surface area (Å²) in [6.07, 6.45) is 3.90. The maximum Gasteiger partial charge on any atom is 0.308 e. The predicted molar refractivity (Wildman–Crippen MR) is 188 cm³/mol. The number of carboxylic acids is 1. The third-order valence-electron chi connectivity index (χ3n) is 10.4. The lowest BCUT2D eigenvalue weighted by atomic mass is 9.84. The summed E-state index contributed by atoms with van der Waals surface area (Å²) in [6, 6.07) is 15.3. The van der Waals surface area contributed by atoms with Gasteiger partial charge in [-0.05, 0) is 79.3 Å². The van der Waals surface area contributed by atoms with Gasteiger partial charge in [0.2, 0.25) is 24.4 Å². The first kappa shape index (κ1) is 35.2. The first-order valence-corrected chi connectivity index (χ1v) is 17.6. The van der Waals surface area contributed by atoms with Crippen molar-refractivity contribution in [2.45, 2.75) is 77.3 Å². The Labute approximate surface area is 292 Å². The number of carbonyl (C=O) groups is 3. The second-order valence-corrected chi connectivity index (χ2v) is 13.5. The molecule has 0 unspecified atom stereocenters. The van der Waals surface area contributed by atoms with Crippen LogP contribution in [-0.2, 0) is 20.8 Å². The van der Waals surface area contributed by atoms with Crippen LogP contribution >= 0.6 is 0 Å². The van der Waals surface area contributed by atoms with Gasteiger partial charge in [-0.3, -0.25) is 19.3 Å². The van der Waals surface area contributed by atoms with E-state index >= 15 is 0 Å². The number of para-hydroxylation sites is 1. The highest BCUT2D eigenvalue weighted by Gasteiger charge is 2.48. The smallest absolute Gasteiger partial charge is 0.308 e. The fourth-order valence-electron chi connectivity index (χ4n) is 8.03. The van der Waals surface area contributed by atoms with Gasteiger partial charge in [0.1, 0.15) is 5.82 Å². The number of carbonyl (C=O) groups excluding carboxylic acids is 2. The molecule has 3 heterocycles. The van der Waals surface area contributed by atoms with Crippen LogP contribution in [0.3, 0.4) is 0 Å². The molecule has 0 aliphatic carbocycles. The zero-order chi connectivity index (χ0) is 35.5. The molecule has 6 rings (SSSR count). The van der Waals surface area contributed by atoms with Crippen LogP contribution < -0.4 is 24.0 Å². The first-order chi connectivity index (χ1) is 24.1. The van der Waals surface area contributed by atoms with Gasteiger partial charge < -0.3 is 29.1 Å². The van der Waals surface area contributed by atoms with Gasteiger partial charge in [-0.25, -0.2) is 4.39 Å². The minimum absolute atomic E-state index is 0.0319. The highest BCUT2D eigenvalue weighted by Crippen LogP contribution is 2.47. The molecule has 10 nitrogen and oxygen atoms in total. The van der Waals surface area contributed by atoms with E-state index in [1.165, 1.54) is 13.2 Å². The fourth-order valence-corrected chi connectivity index (χ4v) is 8.03. The summed E-state index contributed by atoms with van der Waals surface area (Å²) in [5, 5.41) is 10.8. The average molecular weight is 688 g/mol. The van der Waals surface area contributed by atoms with Crippen molar-refractivity contribution in [3.63, 3.8) is 0 Å². The summed E-state index contributed by atoms with van der Waals surface area (Å²) in [6.45, 7) is 6.43. The monoisotopic (exact) mass is 687 g/mol. The van der Waals surface area contributed by atoms with Crippen molar-refractivity contribution >= 4 is 29.2 Å². The summed E-state index contributed by atoms with van der Waals surface area (Å²) in [7, 11) is 1.53. The lowest BCUT2D eigenvalue weighted by Crippen LogP contribution is -2.48. The maximum absolute atomic E-state index is 14.6. The number of carboxylic acid groups (broad SMARTS) is 1. The number of amides is 2. The third-order valence-corrected chi connectivity index (χ3v) is 10.4. The fraction of sp³-hybridized carbons (Fsp3) is 0.462. The van der Waals surface area contributed by atoms with Gasteiger partial charge in [-0.1, -0.05) is 44.9 Å². The topological polar surface area (TPSA) is 109 Å². The highest BCUT2D eigenvalue weighted by molar-refractivity contribution is 6.01. The number of aryl methyl sites for hydroxylation is 1. The van der Waals surface area contributed by atoms with E-state index in [-0.39, 0.29) is 43.6 Å². The molecule has 1 saturated heterocycles. The predicted octanol–water partition coefficient (Wildman–Crippen LogP) is 6.32. The lowest BCUT2D eigenvalue weighted by molar-refractivity contribution is -0.143. The summed E-state index contributed by atoms with van der Waals surface area (Å²) >= 11 is 0. The number of halogens is 1. The standard InChI is InChI=1S/C39H46FN3O7/c1-5-9-27(10-6-2)43(28-13-14-30(40)24(3)17-28)36(45)22-41-21-29(26-18-33(48-4)38-34(19-26)49-23-50-38)37(39(46)47)32(41)15-16-42-31-12-8-7-11-25(31)20-35(42)44/h7-8,11-14,17-19,27,29,32,37H,5-6,9-10,15-16,20-23H2,1-4H3,(H,46,47)/t29-,32+,37-/m1/s1. The van der Waals surface area contributed by atoms with Crippen molar-refractivity contribution in [2.24, 2.45) is 5.92 Å². The van der Waals surface area contributed by atoms with Crippen LogP contribution in [0.5, 0.6) is 17.2 Å². The molecule has 0 aromatic heterocycles. The number of ether oxygens (including phenoxy) is 3. The minimum atomic E-state index is -0.986. The summed E-state index contributed by atoms with van der Waals surface area (Å²) in [5.74, 6) is -1.55. The van der Waals surface area contributed by atoms with E-state index in [1.54, 1.807) is 41.0 Å². The van der Waals surface area contributed by atoms with Crippen LogP contribution in [0, 0.1) is 18.7 Å². The van der Waals surface area contributed by atoms with Crippen LogP contribution in [0.2, 0.25) is 0 Å². The van der Waals surface area contributed by atoms with Gasteiger partial charge >= 0.3 is 5.97 Å². The number of likely N-dealkylation sites (tertiary alicyclic amines) is 1. The van der Waals surface area contributed by atoms with Crippen LogP contribution in [0.4, 0.5) is 15.8 Å². The van der Waals surface area contributed by atoms with Crippen LogP contribution in [-0.4, -0.2) is 73.4 Å². The SMILES string of the molecule is CCCC(CCC)N(C(=O)CN1C[C@H](c2cc(OC)c3c(c2)OCO3)[C@@H](C(=O)O)[C@@H]1CCN1C(=O)Cc2ccccc21)c1ccc(F)c(C)c1. The van der Waals surface area contributed by atoms with E-state index in [4.69, 9.17) is 14.2 Å². The normalized spacial score (nSPS) is 19.7. The zero-order valence-corrected chi connectivity index (χ0v) is 29.2. The van der Waals surface area contributed by atoms with E-state index < -0.39 is 23.8 Å². The summed E-state index contributed by atoms with van der Waals surface area (Å²) in [4.78, 5) is 46.5. The third kappa shape index (κ3) is 6.88. The molecule has 3 aliphatic rings. The van der Waals surface area contributed by atoms with E-state index in [0.717, 1.165) is 36.9 Å². The van der Waals surface area contributed by atoms with Crippen LogP contribution in [0.1, 0.15) is 68.6 Å². The van der Waals surface area contributed by atoms with Gasteiger partial charge in [-0.15, -0.1) is 0 Å². The van der Waals surface area contributed by atoms with Crippen LogP contribution in [0.25, 0.3) is 0 Å². The molecule has 0 bridgehead atoms. The molecule has 50 heavy (non-hydrogen) atoms. The molecule has 0 spiro atoms. The lowest BCUT2D eigenvalue weighted by Gasteiger charge is -2.35. The van der Waals surface area contributed by atoms with Crippen molar-refractivity contribution < 1.29 is 38.1 Å². The molecule has 0 radical (unpaired) electrons. The molecular weight excluding hydrogens is 641 g/mol. The second kappa shape index (κ2) is 15.1. The van der Waals surface area contributed by atoms with Gasteiger partial charge in [0, 0.05) is 42.5 Å². The molecular formula is C39H46FN3O7. The summed E-state index contributed by atoms with van der Waals surface area (Å²) in [5.41, 5.74) is 3.56. The Bertz CT molecular complexity index is 1740. The number of aliphatic carboxylic acids is 1. The Morgan fingerprint density at radius 1 is 1.08 bits per heavy atom. The Balaban J connectivity index is 1.37. The minimum Gasteiger partial charge on any atom is -0.493 e. The number of benzene rings is 3. The first-order valence-electron chi connectivity index (χ1n) is 17.6. The number of hydrogen-bond acceptors (Lipinski definition) is 7. The molecule has 0 saturated carbocycles. The van der Waals surface area contributed by atoms with E-state index in [1.807, 2.05) is 29.2 Å². The Hall–Kier alpha value is -4.64. The number of rotatable bonds is 14. The van der Waals surface area contributed by atoms with Gasteiger partial charge in [0.25, 0.3) is 0 Å². The molecule has 3 aromatic rings. The van der Waals surface area contributed by atoms with Crippen molar-refractivity contribution in [3.8, 4) is 17.2 Å². The van der Waals surface area contributed by atoms with Gasteiger partial charge in [0.05, 0.1) is 26.0 Å². The number of hydrogen-bond donors (Lipinski definition) is 1. The molecule has 266 valence electrons. The zero-order valence-electron chi connectivity index (χ0n) is 29.2. The quantitative estimate of drug-likeness (QED) is 0.210. The Kier molecular flexibility index (Phi) is 10.6. The molecule has 3 atom stereocenters. The molecule has 1 N–H and O–H groups in total. The van der Waals surface area contributed by atoms with Crippen molar-refractivity contribution in [3.05, 3.63) is 77.1 Å². The molecule has 11 heteroatoms. The van der Waals surface area contributed by atoms with Crippen molar-refractivity contribution in [2.75, 3.05) is 43.3 Å². The molecule has 1 fully saturated rings. The van der Waals surface area contributed by atoms with E-state index in [0.29, 0.717) is 53.4 Å². The van der Waals surface area contributed by atoms with E-state index in [2.05, 4.69) is 13.8 Å². The van der Waals surface area contributed by atoms with E-state index in [9.17, 15) is 23.9 Å². The van der Waals surface area contributed by atoms with Gasteiger partial charge in [0.15, 0.2) is 11.5 Å². The number of nitrogens with zero attached hydrogens (tertiary/aromatic N) is 3. The molecule has 3 aromatic carbocycles. The number of fused-ring (bicyclic) bond motifs is 2.